The molecule has 1 aromatic rings. The lowest BCUT2D eigenvalue weighted by Gasteiger charge is -2.21. The first-order valence-electron chi connectivity index (χ1n) is 7.70. The Bertz CT molecular complexity index is 480. The number of likely N-dealkylation sites (N-methyl/N-ethyl adjacent to an activating group) is 1. The van der Waals surface area contributed by atoms with Crippen molar-refractivity contribution in [3.63, 3.8) is 0 Å². The van der Waals surface area contributed by atoms with E-state index in [9.17, 15) is 9.59 Å². The van der Waals surface area contributed by atoms with Crippen molar-refractivity contribution in [1.82, 2.24) is 10.2 Å². The molecule has 23 heavy (non-hydrogen) atoms. The molecule has 0 aromatic heterocycles. The number of nitrogens with two attached hydrogens (primary N) is 1. The Morgan fingerprint density at radius 3 is 2.39 bits per heavy atom. The van der Waals surface area contributed by atoms with E-state index in [1.54, 1.807) is 11.9 Å². The number of benzene rings is 1. The maximum absolute atomic E-state index is 12.0. The molecule has 0 fully saturated rings. The molecule has 5 nitrogen and oxygen atoms in total. The van der Waals surface area contributed by atoms with E-state index in [0.717, 1.165) is 12.0 Å². The molecule has 0 aliphatic rings. The number of hydrogen-bond acceptors (Lipinski definition) is 3. The number of nitrogens with one attached hydrogen (secondary N) is 1. The number of carbonyl (C=O) groups excluding carboxylic acids is 2. The van der Waals surface area contributed by atoms with Gasteiger partial charge in [-0.25, -0.2) is 0 Å². The van der Waals surface area contributed by atoms with Crippen molar-refractivity contribution in [2.75, 3.05) is 20.1 Å². The lowest BCUT2D eigenvalue weighted by molar-refractivity contribution is -0.131. The van der Waals surface area contributed by atoms with Gasteiger partial charge in [0, 0.05) is 19.6 Å². The predicted octanol–water partition coefficient (Wildman–Crippen LogP) is 1.60. The first-order valence-corrected chi connectivity index (χ1v) is 7.70. The predicted molar refractivity (Wildman–Crippen MR) is 95.5 cm³/mol. The van der Waals surface area contributed by atoms with Crippen molar-refractivity contribution in [2.24, 2.45) is 11.7 Å². The molecule has 1 unspecified atom stereocenters. The molecule has 1 atom stereocenters. The van der Waals surface area contributed by atoms with Gasteiger partial charge >= 0.3 is 0 Å². The normalized spacial score (nSPS) is 11.5. The van der Waals surface area contributed by atoms with Gasteiger partial charge < -0.3 is 16.0 Å². The van der Waals surface area contributed by atoms with Gasteiger partial charge in [0.2, 0.25) is 11.8 Å². The van der Waals surface area contributed by atoms with Gasteiger partial charge in [-0.1, -0.05) is 44.2 Å². The van der Waals surface area contributed by atoms with E-state index in [1.165, 1.54) is 0 Å². The Morgan fingerprint density at radius 2 is 1.83 bits per heavy atom. The maximum atomic E-state index is 12.0. The molecule has 1 rings (SSSR count). The molecular weight excluding hydrogens is 314 g/mol. The third-order valence-corrected chi connectivity index (χ3v) is 3.72. The highest BCUT2D eigenvalue weighted by atomic mass is 35.5. The first kappa shape index (κ1) is 21.4. The van der Waals surface area contributed by atoms with Crippen molar-refractivity contribution in [1.29, 1.82) is 0 Å². The van der Waals surface area contributed by atoms with Crippen molar-refractivity contribution in [3.8, 4) is 0 Å². The smallest absolute Gasteiger partial charge is 0.241 e. The van der Waals surface area contributed by atoms with Crippen LogP contribution in [-0.2, 0) is 16.0 Å². The van der Waals surface area contributed by atoms with Gasteiger partial charge in [-0.15, -0.1) is 12.4 Å². The summed E-state index contributed by atoms with van der Waals surface area (Å²) in [5.41, 5.74) is 6.90. The number of carbonyl (C=O) groups is 2. The molecule has 6 heteroatoms. The highest BCUT2D eigenvalue weighted by Crippen LogP contribution is 2.03. The molecular formula is C17H28ClN3O2. The van der Waals surface area contributed by atoms with Crippen LogP contribution in [-0.4, -0.2) is 42.9 Å². The highest BCUT2D eigenvalue weighted by Gasteiger charge is 2.13. The monoisotopic (exact) mass is 341 g/mol. The quantitative estimate of drug-likeness (QED) is 0.754. The lowest BCUT2D eigenvalue weighted by atomic mass is 10.0. The van der Waals surface area contributed by atoms with Gasteiger partial charge in [0.25, 0.3) is 0 Å². The molecule has 0 aliphatic carbocycles. The molecule has 0 aliphatic heterocycles. The van der Waals surface area contributed by atoms with Crippen molar-refractivity contribution < 1.29 is 9.59 Å². The standard InChI is InChI=1S/C17H27N3O2.ClH/c1-13(2)15(18)9-10-20(3)17(22)12-19-16(21)11-14-7-5-4-6-8-14;/h4-8,13,15H,9-12,18H2,1-3H3,(H,19,21);1H. The summed E-state index contributed by atoms with van der Waals surface area (Å²) in [5, 5.41) is 2.66. The summed E-state index contributed by atoms with van der Waals surface area (Å²) < 4.78 is 0. The molecule has 2 amide bonds. The average molecular weight is 342 g/mol. The van der Waals surface area contributed by atoms with E-state index in [1.807, 2.05) is 30.3 Å². The van der Waals surface area contributed by atoms with E-state index < -0.39 is 0 Å². The molecule has 0 bridgehead atoms. The van der Waals surface area contributed by atoms with E-state index in [-0.39, 0.29) is 43.2 Å². The number of halogens is 1. The van der Waals surface area contributed by atoms with Crippen LogP contribution in [0.2, 0.25) is 0 Å². The topological polar surface area (TPSA) is 75.4 Å². The molecule has 130 valence electrons. The zero-order chi connectivity index (χ0) is 16.5. The van der Waals surface area contributed by atoms with Gasteiger partial charge in [-0.3, -0.25) is 9.59 Å². The van der Waals surface area contributed by atoms with Crippen LogP contribution in [0.15, 0.2) is 30.3 Å². The van der Waals surface area contributed by atoms with Crippen LogP contribution in [0.4, 0.5) is 0 Å². The molecule has 0 saturated carbocycles. The molecule has 0 spiro atoms. The van der Waals surface area contributed by atoms with Crippen molar-refractivity contribution in [3.05, 3.63) is 35.9 Å². The van der Waals surface area contributed by atoms with Crippen LogP contribution in [0, 0.1) is 5.92 Å². The second kappa shape index (κ2) is 11.0. The SMILES string of the molecule is CC(C)C(N)CCN(C)C(=O)CNC(=O)Cc1ccccc1.Cl. The van der Waals surface area contributed by atoms with Gasteiger partial charge in [0.15, 0.2) is 0 Å². The van der Waals surface area contributed by atoms with Crippen LogP contribution in [0.3, 0.4) is 0 Å². The van der Waals surface area contributed by atoms with Crippen molar-refractivity contribution >= 4 is 24.2 Å². The van der Waals surface area contributed by atoms with Crippen LogP contribution in [0.1, 0.15) is 25.8 Å². The minimum atomic E-state index is -0.146. The zero-order valence-electron chi connectivity index (χ0n) is 14.1. The zero-order valence-corrected chi connectivity index (χ0v) is 14.9. The number of hydrogen-bond donors (Lipinski definition) is 2. The molecule has 0 saturated heterocycles. The fourth-order valence-electron chi connectivity index (χ4n) is 1.95. The highest BCUT2D eigenvalue weighted by molar-refractivity contribution is 5.86. The van der Waals surface area contributed by atoms with Crippen LogP contribution < -0.4 is 11.1 Å². The summed E-state index contributed by atoms with van der Waals surface area (Å²) >= 11 is 0. The fraction of sp³-hybridized carbons (Fsp3) is 0.529. The third-order valence-electron chi connectivity index (χ3n) is 3.72. The lowest BCUT2D eigenvalue weighted by Crippen LogP contribution is -2.40. The summed E-state index contributed by atoms with van der Waals surface area (Å²) in [7, 11) is 1.73. The number of nitrogens with zero attached hydrogens (tertiary/aromatic N) is 1. The van der Waals surface area contributed by atoms with Gasteiger partial charge in [-0.2, -0.15) is 0 Å². The third kappa shape index (κ3) is 8.57. The Kier molecular flexibility index (Phi) is 10.3. The Morgan fingerprint density at radius 1 is 1.22 bits per heavy atom. The van der Waals surface area contributed by atoms with Crippen molar-refractivity contribution in [2.45, 2.75) is 32.7 Å². The van der Waals surface area contributed by atoms with Crippen LogP contribution in [0.25, 0.3) is 0 Å². The molecule has 0 heterocycles. The van der Waals surface area contributed by atoms with E-state index >= 15 is 0 Å². The van der Waals surface area contributed by atoms with Gasteiger partial charge in [0.05, 0.1) is 13.0 Å². The molecule has 0 radical (unpaired) electrons. The largest absolute Gasteiger partial charge is 0.347 e. The second-order valence-corrected chi connectivity index (χ2v) is 5.95. The summed E-state index contributed by atoms with van der Waals surface area (Å²) in [5.74, 6) is 0.151. The van der Waals surface area contributed by atoms with Gasteiger partial charge in [0.1, 0.15) is 0 Å². The fourth-order valence-corrected chi connectivity index (χ4v) is 1.95. The summed E-state index contributed by atoms with van der Waals surface area (Å²) in [6.07, 6.45) is 1.05. The minimum absolute atomic E-state index is 0. The average Bonchev–Trinajstić information content (AvgIpc) is 2.50. The van der Waals surface area contributed by atoms with E-state index in [2.05, 4.69) is 19.2 Å². The van der Waals surface area contributed by atoms with E-state index in [4.69, 9.17) is 5.73 Å². The minimum Gasteiger partial charge on any atom is -0.347 e. The maximum Gasteiger partial charge on any atom is 0.241 e. The van der Waals surface area contributed by atoms with Crippen LogP contribution in [0.5, 0.6) is 0 Å². The number of amides is 2. The van der Waals surface area contributed by atoms with Gasteiger partial charge in [-0.05, 0) is 17.9 Å². The Hall–Kier alpha value is -1.59. The first-order chi connectivity index (χ1) is 10.4. The van der Waals surface area contributed by atoms with E-state index in [0.29, 0.717) is 12.5 Å². The Labute approximate surface area is 145 Å². The second-order valence-electron chi connectivity index (χ2n) is 5.95. The number of rotatable bonds is 8. The summed E-state index contributed by atoms with van der Waals surface area (Å²) in [4.78, 5) is 25.4. The summed E-state index contributed by atoms with van der Waals surface area (Å²) in [6.45, 7) is 4.76. The molecule has 1 aromatic carbocycles. The van der Waals surface area contributed by atoms with Crippen LogP contribution >= 0.6 is 12.4 Å². The Balaban J connectivity index is 0.00000484. The molecule has 3 N–H and O–H groups in total. The summed E-state index contributed by atoms with van der Waals surface area (Å²) in [6, 6.07) is 9.55.